The molecule has 0 radical (unpaired) electrons. The Kier molecular flexibility index (Phi) is 6.70. The summed E-state index contributed by atoms with van der Waals surface area (Å²) in [5, 5.41) is 5.34. The number of benzene rings is 2. The monoisotopic (exact) mass is 411 g/mol. The number of hydrogen-bond donors (Lipinski definition) is 1. The summed E-state index contributed by atoms with van der Waals surface area (Å²) in [4.78, 5) is 4.52. The first-order chi connectivity index (χ1) is 12.5. The fourth-order valence-corrected chi connectivity index (χ4v) is 3.61. The molecule has 2 aromatic rings. The van der Waals surface area contributed by atoms with Gasteiger partial charge in [-0.25, -0.2) is 4.39 Å². The van der Waals surface area contributed by atoms with E-state index in [4.69, 9.17) is 35.4 Å². The number of thiocarbonyl (C=S) groups is 1. The summed E-state index contributed by atoms with van der Waals surface area (Å²) in [6, 6.07) is 12.1. The Bertz CT molecular complexity index is 762. The van der Waals surface area contributed by atoms with Crippen molar-refractivity contribution in [2.24, 2.45) is 0 Å². The van der Waals surface area contributed by atoms with Crippen molar-refractivity contribution in [1.29, 1.82) is 0 Å². The summed E-state index contributed by atoms with van der Waals surface area (Å²) in [5.74, 6) is -0.228. The maximum absolute atomic E-state index is 12.9. The van der Waals surface area contributed by atoms with E-state index in [-0.39, 0.29) is 5.82 Å². The Balaban J connectivity index is 1.45. The molecule has 3 rings (SSSR count). The standard InChI is InChI=1S/C19H20Cl2FN3S/c20-16-4-3-15(18(21)11-16)13-24-7-9-25(10-8-24)19(26)23-12-14-1-5-17(22)6-2-14/h1-6,11H,7-10,12-13H2,(H,23,26). The molecule has 1 saturated heterocycles. The van der Waals surface area contributed by atoms with Gasteiger partial charge in [0.15, 0.2) is 5.11 Å². The zero-order valence-electron chi connectivity index (χ0n) is 14.2. The number of rotatable bonds is 4. The van der Waals surface area contributed by atoms with Crippen molar-refractivity contribution in [1.82, 2.24) is 15.1 Å². The molecule has 2 aromatic carbocycles. The fraction of sp³-hybridized carbons (Fsp3) is 0.316. The van der Waals surface area contributed by atoms with Crippen LogP contribution in [0.3, 0.4) is 0 Å². The van der Waals surface area contributed by atoms with Gasteiger partial charge in [0, 0.05) is 49.3 Å². The molecular formula is C19H20Cl2FN3S. The van der Waals surface area contributed by atoms with E-state index >= 15 is 0 Å². The SMILES string of the molecule is Fc1ccc(CNC(=S)N2CCN(Cc3ccc(Cl)cc3Cl)CC2)cc1. The summed E-state index contributed by atoms with van der Waals surface area (Å²) in [7, 11) is 0. The molecular weight excluding hydrogens is 392 g/mol. The van der Waals surface area contributed by atoms with Gasteiger partial charge in [-0.3, -0.25) is 4.90 Å². The van der Waals surface area contributed by atoms with Gasteiger partial charge < -0.3 is 10.2 Å². The summed E-state index contributed by atoms with van der Waals surface area (Å²) in [6.45, 7) is 4.95. The van der Waals surface area contributed by atoms with E-state index in [1.807, 2.05) is 12.1 Å². The first-order valence-corrected chi connectivity index (χ1v) is 9.61. The minimum absolute atomic E-state index is 0.228. The molecule has 0 aliphatic carbocycles. The lowest BCUT2D eigenvalue weighted by Crippen LogP contribution is -2.51. The molecule has 0 unspecified atom stereocenters. The molecule has 0 amide bonds. The third kappa shape index (κ3) is 5.30. The first-order valence-electron chi connectivity index (χ1n) is 8.45. The maximum Gasteiger partial charge on any atom is 0.169 e. The van der Waals surface area contributed by atoms with Crippen LogP contribution in [0.25, 0.3) is 0 Å². The average molecular weight is 412 g/mol. The third-order valence-electron chi connectivity index (χ3n) is 4.43. The van der Waals surface area contributed by atoms with Gasteiger partial charge in [-0.1, -0.05) is 41.4 Å². The molecule has 0 bridgehead atoms. The Hall–Kier alpha value is -1.40. The van der Waals surface area contributed by atoms with Gasteiger partial charge >= 0.3 is 0 Å². The van der Waals surface area contributed by atoms with Crippen LogP contribution in [0, 0.1) is 5.82 Å². The lowest BCUT2D eigenvalue weighted by atomic mass is 10.2. The van der Waals surface area contributed by atoms with Gasteiger partial charge in [-0.15, -0.1) is 0 Å². The molecule has 1 aliphatic rings. The Morgan fingerprint density at radius 2 is 1.73 bits per heavy atom. The molecule has 138 valence electrons. The average Bonchev–Trinajstić information content (AvgIpc) is 2.64. The highest BCUT2D eigenvalue weighted by molar-refractivity contribution is 7.80. The highest BCUT2D eigenvalue weighted by Gasteiger charge is 2.19. The van der Waals surface area contributed by atoms with Gasteiger partial charge in [-0.05, 0) is 47.6 Å². The lowest BCUT2D eigenvalue weighted by Gasteiger charge is -2.36. The smallest absolute Gasteiger partial charge is 0.169 e. The summed E-state index contributed by atoms with van der Waals surface area (Å²) < 4.78 is 12.9. The largest absolute Gasteiger partial charge is 0.358 e. The second-order valence-corrected chi connectivity index (χ2v) is 7.51. The number of nitrogens with one attached hydrogen (secondary N) is 1. The van der Waals surface area contributed by atoms with Crippen molar-refractivity contribution in [3.05, 3.63) is 69.5 Å². The molecule has 0 aromatic heterocycles. The Labute approximate surface area is 168 Å². The molecule has 1 heterocycles. The second-order valence-electron chi connectivity index (χ2n) is 6.28. The van der Waals surface area contributed by atoms with E-state index in [0.29, 0.717) is 16.6 Å². The van der Waals surface area contributed by atoms with Crippen molar-refractivity contribution in [2.45, 2.75) is 13.1 Å². The first kappa shape index (κ1) is 19.4. The van der Waals surface area contributed by atoms with E-state index in [1.165, 1.54) is 12.1 Å². The molecule has 7 heteroatoms. The van der Waals surface area contributed by atoms with Gasteiger partial charge in [-0.2, -0.15) is 0 Å². The van der Waals surface area contributed by atoms with Crippen LogP contribution in [0.5, 0.6) is 0 Å². The molecule has 1 aliphatic heterocycles. The third-order valence-corrected chi connectivity index (χ3v) is 5.42. The van der Waals surface area contributed by atoms with Crippen molar-refractivity contribution < 1.29 is 4.39 Å². The van der Waals surface area contributed by atoms with Crippen molar-refractivity contribution in [3.8, 4) is 0 Å². The molecule has 3 nitrogen and oxygen atoms in total. The van der Waals surface area contributed by atoms with Crippen LogP contribution >= 0.6 is 35.4 Å². The van der Waals surface area contributed by atoms with Gasteiger partial charge in [0.1, 0.15) is 5.82 Å². The molecule has 0 saturated carbocycles. The van der Waals surface area contributed by atoms with Gasteiger partial charge in [0.05, 0.1) is 0 Å². The van der Waals surface area contributed by atoms with Crippen LogP contribution in [0.15, 0.2) is 42.5 Å². The molecule has 0 spiro atoms. The van der Waals surface area contributed by atoms with Crippen LogP contribution in [-0.2, 0) is 13.1 Å². The number of hydrogen-bond acceptors (Lipinski definition) is 2. The molecule has 26 heavy (non-hydrogen) atoms. The highest BCUT2D eigenvalue weighted by Crippen LogP contribution is 2.22. The summed E-state index contributed by atoms with van der Waals surface area (Å²) >= 11 is 17.7. The summed E-state index contributed by atoms with van der Waals surface area (Å²) in [6.07, 6.45) is 0. The van der Waals surface area contributed by atoms with Crippen molar-refractivity contribution in [3.63, 3.8) is 0 Å². The van der Waals surface area contributed by atoms with Crippen molar-refractivity contribution >= 4 is 40.5 Å². The predicted molar refractivity (Wildman–Crippen MR) is 109 cm³/mol. The second kappa shape index (κ2) is 9.00. The van der Waals surface area contributed by atoms with Crippen LogP contribution in [0.4, 0.5) is 4.39 Å². The van der Waals surface area contributed by atoms with E-state index in [0.717, 1.165) is 49.0 Å². The zero-order valence-corrected chi connectivity index (χ0v) is 16.5. The van der Waals surface area contributed by atoms with E-state index in [1.54, 1.807) is 18.2 Å². The summed E-state index contributed by atoms with van der Waals surface area (Å²) in [5.41, 5.74) is 2.09. The van der Waals surface area contributed by atoms with Crippen molar-refractivity contribution in [2.75, 3.05) is 26.2 Å². The van der Waals surface area contributed by atoms with Gasteiger partial charge in [0.2, 0.25) is 0 Å². The van der Waals surface area contributed by atoms with Gasteiger partial charge in [0.25, 0.3) is 0 Å². The topological polar surface area (TPSA) is 18.5 Å². The maximum atomic E-state index is 12.9. The number of nitrogens with zero attached hydrogens (tertiary/aromatic N) is 2. The normalized spacial score (nSPS) is 15.1. The van der Waals surface area contributed by atoms with E-state index < -0.39 is 0 Å². The number of halogens is 3. The zero-order chi connectivity index (χ0) is 18.5. The van der Waals surface area contributed by atoms with E-state index in [2.05, 4.69) is 15.1 Å². The molecule has 1 N–H and O–H groups in total. The van der Waals surface area contributed by atoms with E-state index in [9.17, 15) is 4.39 Å². The predicted octanol–water partition coefficient (Wildman–Crippen LogP) is 4.32. The molecule has 0 atom stereocenters. The minimum atomic E-state index is -0.228. The van der Waals surface area contributed by atoms with Crippen LogP contribution in [0.2, 0.25) is 10.0 Å². The number of piperazine rings is 1. The minimum Gasteiger partial charge on any atom is -0.358 e. The fourth-order valence-electron chi connectivity index (χ4n) is 2.89. The quantitative estimate of drug-likeness (QED) is 0.754. The van der Waals surface area contributed by atoms with Crippen LogP contribution in [-0.4, -0.2) is 41.1 Å². The lowest BCUT2D eigenvalue weighted by molar-refractivity contribution is 0.174. The van der Waals surface area contributed by atoms with Crippen LogP contribution in [0.1, 0.15) is 11.1 Å². The molecule has 1 fully saturated rings. The highest BCUT2D eigenvalue weighted by atomic mass is 35.5. The Morgan fingerprint density at radius 3 is 2.38 bits per heavy atom. The Morgan fingerprint density at radius 1 is 1.04 bits per heavy atom. The van der Waals surface area contributed by atoms with Crippen LogP contribution < -0.4 is 5.32 Å².